The monoisotopic (exact) mass is 407 g/mol. The number of aryl methyl sites for hydroxylation is 1. The van der Waals surface area contributed by atoms with Gasteiger partial charge >= 0.3 is 0 Å². The highest BCUT2D eigenvalue weighted by Gasteiger charge is 2.41. The first-order valence-electron chi connectivity index (χ1n) is 10.2. The van der Waals surface area contributed by atoms with E-state index in [1.165, 1.54) is 0 Å². The summed E-state index contributed by atoms with van der Waals surface area (Å²) >= 11 is 0. The van der Waals surface area contributed by atoms with Crippen molar-refractivity contribution in [3.05, 3.63) is 48.3 Å². The van der Waals surface area contributed by atoms with E-state index < -0.39 is 0 Å². The summed E-state index contributed by atoms with van der Waals surface area (Å²) in [6.45, 7) is 1.93. The molecule has 8 heteroatoms. The number of phenols is 1. The number of phenolic OH excluding ortho intramolecular Hbond substituents is 1. The maximum absolute atomic E-state index is 10.5. The van der Waals surface area contributed by atoms with E-state index in [9.17, 15) is 5.11 Å². The summed E-state index contributed by atoms with van der Waals surface area (Å²) in [6, 6.07) is 11.7. The fraction of sp³-hybridized carbons (Fsp3) is 0.409. The van der Waals surface area contributed by atoms with Crippen LogP contribution in [0.2, 0.25) is 0 Å². The Bertz CT molecular complexity index is 1040. The number of benzene rings is 1. The Hall–Kier alpha value is -2.97. The standard InChI is InChI=1S/C22H25N5O3/c1-13-7-8-27(26-13)15-3-4-17(20(28)11-15)18-5-6-22(25-24-18)30-16-9-14-10-21(29-2)19(12-16)23-14/h3-8,11,14,16,19,21,23,28H,9-10,12H2,1-2H3. The van der Waals surface area contributed by atoms with E-state index in [0.717, 1.165) is 30.6 Å². The van der Waals surface area contributed by atoms with Crippen molar-refractivity contribution in [2.24, 2.45) is 0 Å². The number of methoxy groups -OCH3 is 1. The fourth-order valence-electron chi connectivity index (χ4n) is 4.50. The number of rotatable bonds is 5. The molecule has 0 spiro atoms. The fourth-order valence-corrected chi connectivity index (χ4v) is 4.50. The summed E-state index contributed by atoms with van der Waals surface area (Å²) in [5.74, 6) is 0.631. The molecule has 2 aliphatic rings. The molecule has 5 rings (SSSR count). The Balaban J connectivity index is 1.28. The molecular formula is C22H25N5O3. The van der Waals surface area contributed by atoms with Gasteiger partial charge < -0.3 is 19.9 Å². The third kappa shape index (κ3) is 3.64. The van der Waals surface area contributed by atoms with Crippen LogP contribution in [0.1, 0.15) is 25.0 Å². The Kier molecular flexibility index (Phi) is 4.88. The molecule has 4 heterocycles. The van der Waals surface area contributed by atoms with Crippen molar-refractivity contribution in [3.63, 3.8) is 0 Å². The maximum atomic E-state index is 10.5. The summed E-state index contributed by atoms with van der Waals surface area (Å²) in [4.78, 5) is 0. The minimum atomic E-state index is 0.103. The van der Waals surface area contributed by atoms with Crippen LogP contribution >= 0.6 is 0 Å². The number of ether oxygens (including phenoxy) is 2. The van der Waals surface area contributed by atoms with Crippen molar-refractivity contribution in [2.75, 3.05) is 7.11 Å². The van der Waals surface area contributed by atoms with Crippen molar-refractivity contribution in [3.8, 4) is 28.6 Å². The largest absolute Gasteiger partial charge is 0.507 e. The normalized spacial score (nSPS) is 25.4. The number of piperidine rings is 1. The predicted molar refractivity (Wildman–Crippen MR) is 111 cm³/mol. The van der Waals surface area contributed by atoms with Gasteiger partial charge in [0.05, 0.1) is 23.2 Å². The SMILES string of the molecule is COC1CC2CC(Oc3ccc(-c4ccc(-n5ccc(C)n5)cc4O)nn3)CC1N2. The molecule has 2 bridgehead atoms. The van der Waals surface area contributed by atoms with Crippen LogP contribution in [0.15, 0.2) is 42.6 Å². The number of fused-ring (bicyclic) bond motifs is 2. The number of nitrogens with one attached hydrogen (secondary N) is 1. The zero-order valence-corrected chi connectivity index (χ0v) is 17.0. The molecule has 1 aromatic carbocycles. The molecule has 0 radical (unpaired) electrons. The molecule has 4 unspecified atom stereocenters. The quantitative estimate of drug-likeness (QED) is 0.671. The van der Waals surface area contributed by atoms with Gasteiger partial charge in [0.1, 0.15) is 11.9 Å². The maximum Gasteiger partial charge on any atom is 0.233 e. The zero-order chi connectivity index (χ0) is 20.7. The predicted octanol–water partition coefficient (Wildman–Crippen LogP) is 2.63. The molecule has 30 heavy (non-hydrogen) atoms. The molecule has 8 nitrogen and oxygen atoms in total. The van der Waals surface area contributed by atoms with Gasteiger partial charge in [0.2, 0.25) is 5.88 Å². The molecule has 3 aromatic rings. The Morgan fingerprint density at radius 2 is 2.00 bits per heavy atom. The highest BCUT2D eigenvalue weighted by atomic mass is 16.5. The molecule has 0 aliphatic carbocycles. The van der Waals surface area contributed by atoms with Gasteiger partial charge in [-0.05, 0) is 44.0 Å². The lowest BCUT2D eigenvalue weighted by Crippen LogP contribution is -2.45. The summed E-state index contributed by atoms with van der Waals surface area (Å²) in [5, 5.41) is 26.9. The van der Waals surface area contributed by atoms with Crippen LogP contribution in [0.3, 0.4) is 0 Å². The van der Waals surface area contributed by atoms with Crippen LogP contribution < -0.4 is 10.1 Å². The molecular weight excluding hydrogens is 382 g/mol. The molecule has 2 aromatic heterocycles. The van der Waals surface area contributed by atoms with E-state index in [1.54, 1.807) is 17.9 Å². The second kappa shape index (κ2) is 7.70. The van der Waals surface area contributed by atoms with E-state index in [2.05, 4.69) is 20.6 Å². The molecule has 156 valence electrons. The number of aromatic nitrogens is 4. The smallest absolute Gasteiger partial charge is 0.233 e. The molecule has 2 fully saturated rings. The van der Waals surface area contributed by atoms with Crippen molar-refractivity contribution in [1.29, 1.82) is 0 Å². The minimum Gasteiger partial charge on any atom is -0.507 e. The second-order valence-corrected chi connectivity index (χ2v) is 8.05. The lowest BCUT2D eigenvalue weighted by atomic mass is 10.0. The minimum absolute atomic E-state index is 0.103. The topological polar surface area (TPSA) is 94.3 Å². The van der Waals surface area contributed by atoms with Crippen molar-refractivity contribution in [1.82, 2.24) is 25.3 Å². The third-order valence-electron chi connectivity index (χ3n) is 5.95. The number of nitrogens with zero attached hydrogens (tertiary/aromatic N) is 4. The van der Waals surface area contributed by atoms with Crippen LogP contribution in [0.5, 0.6) is 11.6 Å². The third-order valence-corrected chi connectivity index (χ3v) is 5.95. The van der Waals surface area contributed by atoms with Gasteiger partial charge in [-0.3, -0.25) is 0 Å². The average Bonchev–Trinajstić information content (AvgIpc) is 3.31. The van der Waals surface area contributed by atoms with Crippen molar-refractivity contribution >= 4 is 0 Å². The highest BCUT2D eigenvalue weighted by Crippen LogP contribution is 2.32. The average molecular weight is 407 g/mol. The van der Waals surface area contributed by atoms with Gasteiger partial charge in [-0.2, -0.15) is 5.10 Å². The van der Waals surface area contributed by atoms with E-state index >= 15 is 0 Å². The number of hydrogen-bond acceptors (Lipinski definition) is 7. The first kappa shape index (κ1) is 19.0. The Labute approximate surface area is 174 Å². The molecule has 2 N–H and O–H groups in total. The van der Waals surface area contributed by atoms with E-state index in [0.29, 0.717) is 29.2 Å². The van der Waals surface area contributed by atoms with Crippen molar-refractivity contribution in [2.45, 2.75) is 50.5 Å². The molecule has 2 saturated heterocycles. The van der Waals surface area contributed by atoms with E-state index in [1.807, 2.05) is 43.5 Å². The van der Waals surface area contributed by atoms with Gasteiger partial charge in [-0.15, -0.1) is 10.2 Å². The summed E-state index contributed by atoms with van der Waals surface area (Å²) in [6.07, 6.45) is 5.08. The molecule has 4 atom stereocenters. The molecule has 2 aliphatic heterocycles. The first-order chi connectivity index (χ1) is 14.6. The van der Waals surface area contributed by atoms with Crippen LogP contribution in [0, 0.1) is 6.92 Å². The van der Waals surface area contributed by atoms with Crippen LogP contribution in [-0.4, -0.2) is 56.5 Å². The summed E-state index contributed by atoms with van der Waals surface area (Å²) in [7, 11) is 1.77. The van der Waals surface area contributed by atoms with Crippen LogP contribution in [-0.2, 0) is 4.74 Å². The lowest BCUT2D eigenvalue weighted by Gasteiger charge is -2.29. The number of aromatic hydroxyl groups is 1. The molecule has 0 amide bonds. The second-order valence-electron chi connectivity index (χ2n) is 8.05. The highest BCUT2D eigenvalue weighted by molar-refractivity contribution is 5.68. The van der Waals surface area contributed by atoms with Gasteiger partial charge in [-0.1, -0.05) is 0 Å². The van der Waals surface area contributed by atoms with Crippen LogP contribution in [0.4, 0.5) is 0 Å². The zero-order valence-electron chi connectivity index (χ0n) is 17.0. The van der Waals surface area contributed by atoms with Gasteiger partial charge in [0, 0.05) is 49.5 Å². The molecule has 0 saturated carbocycles. The first-order valence-corrected chi connectivity index (χ1v) is 10.2. The van der Waals surface area contributed by atoms with Gasteiger partial charge in [0.25, 0.3) is 0 Å². The Morgan fingerprint density at radius 1 is 1.10 bits per heavy atom. The van der Waals surface area contributed by atoms with Gasteiger partial charge in [0.15, 0.2) is 0 Å². The summed E-state index contributed by atoms with van der Waals surface area (Å²) in [5.41, 5.74) is 2.91. The summed E-state index contributed by atoms with van der Waals surface area (Å²) < 4.78 is 13.4. The number of hydrogen-bond donors (Lipinski definition) is 2. The van der Waals surface area contributed by atoms with E-state index in [-0.39, 0.29) is 18.0 Å². The van der Waals surface area contributed by atoms with Crippen molar-refractivity contribution < 1.29 is 14.6 Å². The van der Waals surface area contributed by atoms with E-state index in [4.69, 9.17) is 9.47 Å². The van der Waals surface area contributed by atoms with Gasteiger partial charge in [-0.25, -0.2) is 4.68 Å². The lowest BCUT2D eigenvalue weighted by molar-refractivity contribution is 0.0716. The van der Waals surface area contributed by atoms with Crippen LogP contribution in [0.25, 0.3) is 16.9 Å². The Morgan fingerprint density at radius 3 is 2.70 bits per heavy atom.